The van der Waals surface area contributed by atoms with E-state index in [1.54, 1.807) is 5.17 Å². The molecule has 0 aliphatic heterocycles. The van der Waals surface area contributed by atoms with Crippen LogP contribution in [0.1, 0.15) is 85.0 Å². The highest BCUT2D eigenvalue weighted by Gasteiger charge is 2.67. The zero-order chi connectivity index (χ0) is 22.4. The van der Waals surface area contributed by atoms with Gasteiger partial charge in [0.05, 0.1) is 18.3 Å². The van der Waals surface area contributed by atoms with Crippen LogP contribution in [0, 0.1) is 39.9 Å². The van der Waals surface area contributed by atoms with E-state index >= 15 is 0 Å². The largest absolute Gasteiger partial charge is 0.393 e. The molecule has 0 heterocycles. The lowest BCUT2D eigenvalue weighted by Gasteiger charge is -2.63. The number of nitrogens with two attached hydrogens (primary N) is 1. The molecule has 0 aromatic heterocycles. The van der Waals surface area contributed by atoms with Crippen LogP contribution in [0.25, 0.3) is 0 Å². The Balaban J connectivity index is 1.53. The maximum atomic E-state index is 12.3. The molecule has 4 fully saturated rings. The number of hydrogen-bond donors (Lipinski definition) is 5. The molecule has 0 spiro atoms. The molecular formula is C24H44N4O3. The van der Waals surface area contributed by atoms with Crippen molar-refractivity contribution in [1.82, 2.24) is 10.6 Å². The monoisotopic (exact) mass is 436 g/mol. The van der Waals surface area contributed by atoms with Gasteiger partial charge in [-0.3, -0.25) is 15.7 Å². The van der Waals surface area contributed by atoms with E-state index in [4.69, 9.17) is 16.0 Å². The Kier molecular flexibility index (Phi) is 6.36. The highest BCUT2D eigenvalue weighted by Crippen LogP contribution is 2.69. The summed E-state index contributed by atoms with van der Waals surface area (Å²) in [7, 11) is 0. The van der Waals surface area contributed by atoms with Crippen LogP contribution in [0.5, 0.6) is 0 Å². The molecule has 178 valence electrons. The van der Waals surface area contributed by atoms with E-state index in [9.17, 15) is 10.2 Å². The second-order valence-corrected chi connectivity index (χ2v) is 11.5. The van der Waals surface area contributed by atoms with Gasteiger partial charge in [0, 0.05) is 12.0 Å². The van der Waals surface area contributed by atoms with Gasteiger partial charge in [-0.2, -0.15) is 0 Å². The van der Waals surface area contributed by atoms with Gasteiger partial charge < -0.3 is 15.9 Å². The minimum Gasteiger partial charge on any atom is -0.393 e. The summed E-state index contributed by atoms with van der Waals surface area (Å²) in [5, 5.41) is 31.8. The third kappa shape index (κ3) is 3.79. The second-order valence-electron chi connectivity index (χ2n) is 11.5. The van der Waals surface area contributed by atoms with Crippen LogP contribution in [-0.4, -0.2) is 46.2 Å². The molecule has 8 atom stereocenters. The van der Waals surface area contributed by atoms with E-state index in [0.717, 1.165) is 57.8 Å². The number of rotatable bonds is 6. The number of nitrogens with zero attached hydrogens (tertiary/aromatic N) is 1. The molecular weight excluding hydrogens is 392 g/mol. The Labute approximate surface area is 187 Å². The predicted octanol–water partition coefficient (Wildman–Crippen LogP) is 3.16. The van der Waals surface area contributed by atoms with Crippen LogP contribution in [0.3, 0.4) is 0 Å². The van der Waals surface area contributed by atoms with Crippen LogP contribution in [0.4, 0.5) is 0 Å². The molecule has 0 amide bonds. The van der Waals surface area contributed by atoms with Crippen molar-refractivity contribution in [1.29, 1.82) is 5.41 Å². The van der Waals surface area contributed by atoms with Gasteiger partial charge in [0.2, 0.25) is 5.96 Å². The fourth-order valence-corrected chi connectivity index (χ4v) is 8.27. The molecule has 0 radical (unpaired) electrons. The minimum absolute atomic E-state index is 0.121. The van der Waals surface area contributed by atoms with E-state index in [2.05, 4.69) is 26.2 Å². The number of guanidine groups is 1. The van der Waals surface area contributed by atoms with Gasteiger partial charge in [0.15, 0.2) is 0 Å². The van der Waals surface area contributed by atoms with Crippen molar-refractivity contribution in [3.63, 3.8) is 0 Å². The number of hydrazine groups is 1. The number of aliphatic hydroxyl groups is 2. The summed E-state index contributed by atoms with van der Waals surface area (Å²) < 4.78 is 0. The average Bonchev–Trinajstić information content (AvgIpc) is 2.97. The third-order valence-electron chi connectivity index (χ3n) is 10.1. The van der Waals surface area contributed by atoms with E-state index in [1.807, 2.05) is 0 Å². The molecule has 0 aromatic rings. The van der Waals surface area contributed by atoms with Gasteiger partial charge in [-0.25, -0.2) is 0 Å². The van der Waals surface area contributed by atoms with Gasteiger partial charge >= 0.3 is 0 Å². The Hall–Kier alpha value is -0.890. The number of fused-ring (bicyclic) bond motifs is 5. The predicted molar refractivity (Wildman–Crippen MR) is 121 cm³/mol. The molecule has 6 N–H and O–H groups in total. The molecule has 0 aromatic carbocycles. The number of nitrogens with one attached hydrogen (secondary N) is 2. The molecule has 4 saturated carbocycles. The summed E-state index contributed by atoms with van der Waals surface area (Å²) in [5.74, 6) is 1.67. The Bertz CT molecular complexity index is 677. The summed E-state index contributed by atoms with van der Waals surface area (Å²) in [6, 6.07) is 0. The molecule has 7 nitrogen and oxygen atoms in total. The molecule has 4 aliphatic carbocycles. The first-order valence-electron chi connectivity index (χ1n) is 12.6. The van der Waals surface area contributed by atoms with E-state index < -0.39 is 5.60 Å². The second kappa shape index (κ2) is 8.47. The lowest BCUT2D eigenvalue weighted by atomic mass is 9.43. The first-order chi connectivity index (χ1) is 14.6. The smallest absolute Gasteiger partial charge is 0.202 e. The number of aliphatic hydroxyl groups excluding tert-OH is 1. The normalized spacial score (nSPS) is 46.8. The molecule has 0 saturated heterocycles. The topological polar surface area (TPSA) is 115 Å². The van der Waals surface area contributed by atoms with Crippen LogP contribution in [-0.2, 0) is 4.84 Å². The Morgan fingerprint density at radius 3 is 2.61 bits per heavy atom. The van der Waals surface area contributed by atoms with Crippen molar-refractivity contribution in [3.05, 3.63) is 0 Å². The molecule has 31 heavy (non-hydrogen) atoms. The molecule has 7 heteroatoms. The van der Waals surface area contributed by atoms with Gasteiger partial charge in [-0.1, -0.05) is 25.9 Å². The van der Waals surface area contributed by atoms with E-state index in [-0.39, 0.29) is 22.9 Å². The maximum Gasteiger partial charge on any atom is 0.202 e. The molecule has 0 unspecified atom stereocenters. The Morgan fingerprint density at radius 2 is 1.90 bits per heavy atom. The van der Waals surface area contributed by atoms with Crippen molar-refractivity contribution < 1.29 is 15.1 Å². The summed E-state index contributed by atoms with van der Waals surface area (Å²) in [5.41, 5.74) is 7.88. The first kappa shape index (κ1) is 23.3. The molecule has 4 rings (SSSR count). The van der Waals surface area contributed by atoms with Crippen molar-refractivity contribution in [2.75, 3.05) is 13.2 Å². The van der Waals surface area contributed by atoms with E-state index in [1.165, 1.54) is 6.42 Å². The van der Waals surface area contributed by atoms with Gasteiger partial charge in [0.25, 0.3) is 0 Å². The first-order valence-corrected chi connectivity index (χ1v) is 12.6. The van der Waals surface area contributed by atoms with Gasteiger partial charge in [-0.15, -0.1) is 0 Å². The van der Waals surface area contributed by atoms with Crippen molar-refractivity contribution in [3.8, 4) is 0 Å². The average molecular weight is 437 g/mol. The van der Waals surface area contributed by atoms with Crippen molar-refractivity contribution in [2.24, 2.45) is 40.2 Å². The third-order valence-corrected chi connectivity index (χ3v) is 10.1. The highest BCUT2D eigenvalue weighted by atomic mass is 16.7. The fraction of sp³-hybridized carbons (Fsp3) is 0.958. The van der Waals surface area contributed by atoms with Crippen molar-refractivity contribution >= 4 is 5.96 Å². The highest BCUT2D eigenvalue weighted by molar-refractivity contribution is 5.73. The van der Waals surface area contributed by atoms with Gasteiger partial charge in [0.1, 0.15) is 0 Å². The number of hydroxylamine groups is 1. The molecule has 4 aliphatic rings. The zero-order valence-electron chi connectivity index (χ0n) is 19.7. The summed E-state index contributed by atoms with van der Waals surface area (Å²) in [4.78, 5) is 5.82. The summed E-state index contributed by atoms with van der Waals surface area (Å²) in [6.07, 6.45) is 9.94. The zero-order valence-corrected chi connectivity index (χ0v) is 19.7. The van der Waals surface area contributed by atoms with Crippen LogP contribution < -0.4 is 11.2 Å². The lowest BCUT2D eigenvalue weighted by Crippen LogP contribution is -2.63. The van der Waals surface area contributed by atoms with Gasteiger partial charge in [-0.05, 0) is 93.3 Å². The summed E-state index contributed by atoms with van der Waals surface area (Å²) >= 11 is 0. The summed E-state index contributed by atoms with van der Waals surface area (Å²) in [6.45, 7) is 8.01. The van der Waals surface area contributed by atoms with Crippen molar-refractivity contribution in [2.45, 2.75) is 96.7 Å². The SMILES string of the molecule is CCCON(C[C@H]1CC[C@]2(O)[C@@H]3CC[C@@H]4C[C@@H](O)CC[C@]4(C)[C@H]3CC[C@]12C)NC(=N)N. The number of hydrogen-bond acceptors (Lipinski definition) is 5. The maximum absolute atomic E-state index is 12.3. The van der Waals surface area contributed by atoms with Crippen LogP contribution in [0.15, 0.2) is 0 Å². The molecule has 0 bridgehead atoms. The standard InChI is InChI=1S/C24H44N4O3/c1-4-13-31-28(27-21(25)26)15-17-7-12-24(30)20-6-5-16-14-18(29)8-10-22(16,2)19(20)9-11-23(17,24)3/h16-20,29-30H,4-15H2,1-3H3,(H4,25,26,27)/t16-,17-,18+,19+,20-,22+,23-,24+/m1/s1. The minimum atomic E-state index is -0.642. The quantitative estimate of drug-likeness (QED) is 0.248. The van der Waals surface area contributed by atoms with Crippen LogP contribution in [0.2, 0.25) is 0 Å². The fourth-order valence-electron chi connectivity index (χ4n) is 8.27. The van der Waals surface area contributed by atoms with E-state index in [0.29, 0.717) is 36.8 Å². The Morgan fingerprint density at radius 1 is 1.13 bits per heavy atom. The lowest BCUT2D eigenvalue weighted by molar-refractivity contribution is -0.227. The van der Waals surface area contributed by atoms with Crippen LogP contribution >= 0.6 is 0 Å².